The molecule has 6 nitrogen and oxygen atoms in total. The van der Waals surface area contributed by atoms with Crippen LogP contribution in [0.25, 0.3) is 0 Å². The van der Waals surface area contributed by atoms with Crippen molar-refractivity contribution in [2.24, 2.45) is 5.73 Å². The second-order valence-electron chi connectivity index (χ2n) is 4.27. The van der Waals surface area contributed by atoms with Gasteiger partial charge < -0.3 is 10.5 Å². The van der Waals surface area contributed by atoms with Crippen LogP contribution in [0, 0.1) is 0 Å². The zero-order valence-electron chi connectivity index (χ0n) is 9.84. The first-order valence-electron chi connectivity index (χ1n) is 5.43. The first kappa shape index (κ1) is 12.7. The average Bonchev–Trinajstić information content (AvgIpc) is 3.02. The van der Waals surface area contributed by atoms with Gasteiger partial charge in [-0.15, -0.1) is 0 Å². The smallest absolute Gasteiger partial charge is 0.248 e. The monoisotopic (exact) mass is 270 g/mol. The number of benzene rings is 1. The number of hydrogen-bond donors (Lipinski definition) is 2. The molecule has 0 heterocycles. The van der Waals surface area contributed by atoms with Crippen LogP contribution in [0.15, 0.2) is 18.2 Å². The summed E-state index contributed by atoms with van der Waals surface area (Å²) in [5.41, 5.74) is 5.62. The largest absolute Gasteiger partial charge is 0.488 e. The fourth-order valence-corrected chi connectivity index (χ4v) is 1.99. The van der Waals surface area contributed by atoms with Crippen LogP contribution in [0.4, 0.5) is 5.69 Å². The number of amides is 1. The highest BCUT2D eigenvalue weighted by atomic mass is 32.2. The second-order valence-corrected chi connectivity index (χ2v) is 6.02. The zero-order valence-corrected chi connectivity index (χ0v) is 10.7. The molecule has 2 rings (SSSR count). The number of nitrogens with one attached hydrogen (secondary N) is 1. The SMILES string of the molecule is CS(=O)(=O)Nc1cc(C(N)=O)ccc1OC1CC1. The molecule has 0 radical (unpaired) electrons. The van der Waals surface area contributed by atoms with Crippen molar-refractivity contribution in [1.82, 2.24) is 0 Å². The predicted molar refractivity (Wildman–Crippen MR) is 67.1 cm³/mol. The summed E-state index contributed by atoms with van der Waals surface area (Å²) in [5.74, 6) is -0.211. The van der Waals surface area contributed by atoms with E-state index in [1.807, 2.05) is 0 Å². The van der Waals surface area contributed by atoms with Crippen molar-refractivity contribution in [2.75, 3.05) is 11.0 Å². The van der Waals surface area contributed by atoms with Gasteiger partial charge in [-0.3, -0.25) is 9.52 Å². The molecule has 1 aliphatic rings. The van der Waals surface area contributed by atoms with Gasteiger partial charge in [0.05, 0.1) is 18.0 Å². The molecule has 1 fully saturated rings. The van der Waals surface area contributed by atoms with E-state index in [4.69, 9.17) is 10.5 Å². The van der Waals surface area contributed by atoms with Crippen LogP contribution < -0.4 is 15.2 Å². The average molecular weight is 270 g/mol. The maximum Gasteiger partial charge on any atom is 0.248 e. The number of hydrogen-bond acceptors (Lipinski definition) is 4. The van der Waals surface area contributed by atoms with Gasteiger partial charge in [-0.1, -0.05) is 0 Å². The minimum Gasteiger partial charge on any atom is -0.488 e. The summed E-state index contributed by atoms with van der Waals surface area (Å²) in [7, 11) is -3.44. The highest BCUT2D eigenvalue weighted by Gasteiger charge is 2.25. The van der Waals surface area contributed by atoms with Crippen molar-refractivity contribution >= 4 is 21.6 Å². The Bertz CT molecular complexity index is 579. The van der Waals surface area contributed by atoms with E-state index < -0.39 is 15.9 Å². The number of ether oxygens (including phenoxy) is 1. The van der Waals surface area contributed by atoms with Gasteiger partial charge in [0.15, 0.2) is 0 Å². The minimum absolute atomic E-state index is 0.129. The van der Waals surface area contributed by atoms with Gasteiger partial charge in [-0.2, -0.15) is 0 Å². The van der Waals surface area contributed by atoms with Gasteiger partial charge in [0.2, 0.25) is 15.9 Å². The fraction of sp³-hybridized carbons (Fsp3) is 0.364. The molecule has 0 aliphatic heterocycles. The normalized spacial score (nSPS) is 15.2. The molecule has 3 N–H and O–H groups in total. The van der Waals surface area contributed by atoms with Crippen LogP contribution in [0.1, 0.15) is 23.2 Å². The lowest BCUT2D eigenvalue weighted by atomic mass is 10.2. The maximum atomic E-state index is 11.3. The summed E-state index contributed by atoms with van der Waals surface area (Å²) in [6.45, 7) is 0. The Labute approximate surface area is 105 Å². The Balaban J connectivity index is 2.35. The fourth-order valence-electron chi connectivity index (χ4n) is 1.43. The standard InChI is InChI=1S/C11H14N2O4S/c1-18(15,16)13-9-6-7(11(12)14)2-5-10(9)17-8-3-4-8/h2,5-6,8,13H,3-4H2,1H3,(H2,12,14). The third kappa shape index (κ3) is 3.36. The molecule has 1 saturated carbocycles. The molecule has 98 valence electrons. The van der Waals surface area contributed by atoms with Gasteiger partial charge in [0.1, 0.15) is 5.75 Å². The number of carbonyl (C=O) groups is 1. The Morgan fingerprint density at radius 3 is 2.61 bits per heavy atom. The van der Waals surface area contributed by atoms with Crippen LogP contribution >= 0.6 is 0 Å². The van der Waals surface area contributed by atoms with Crippen molar-refractivity contribution < 1.29 is 17.9 Å². The van der Waals surface area contributed by atoms with Crippen LogP contribution in [0.5, 0.6) is 5.75 Å². The van der Waals surface area contributed by atoms with E-state index in [1.54, 1.807) is 6.07 Å². The van der Waals surface area contributed by atoms with E-state index in [2.05, 4.69) is 4.72 Å². The van der Waals surface area contributed by atoms with Crippen LogP contribution in [-0.4, -0.2) is 26.7 Å². The molecular weight excluding hydrogens is 256 g/mol. The van der Waals surface area contributed by atoms with E-state index in [9.17, 15) is 13.2 Å². The topological polar surface area (TPSA) is 98.5 Å². The maximum absolute atomic E-state index is 11.3. The highest BCUT2D eigenvalue weighted by Crippen LogP contribution is 2.33. The molecule has 0 saturated heterocycles. The number of sulfonamides is 1. The van der Waals surface area contributed by atoms with Crippen LogP contribution in [-0.2, 0) is 10.0 Å². The quantitative estimate of drug-likeness (QED) is 0.822. The van der Waals surface area contributed by atoms with Crippen molar-refractivity contribution in [3.63, 3.8) is 0 Å². The van der Waals surface area contributed by atoms with Gasteiger partial charge in [0.25, 0.3) is 0 Å². The van der Waals surface area contributed by atoms with Crippen LogP contribution in [0.3, 0.4) is 0 Å². The first-order chi connectivity index (χ1) is 8.35. The van der Waals surface area contributed by atoms with Crippen molar-refractivity contribution in [3.05, 3.63) is 23.8 Å². The summed E-state index contributed by atoms with van der Waals surface area (Å²) in [4.78, 5) is 11.1. The summed E-state index contributed by atoms with van der Waals surface area (Å²) >= 11 is 0. The summed E-state index contributed by atoms with van der Waals surface area (Å²) < 4.78 is 30.4. The number of nitrogens with two attached hydrogens (primary N) is 1. The molecule has 7 heteroatoms. The molecule has 1 amide bonds. The molecular formula is C11H14N2O4S. The Morgan fingerprint density at radius 2 is 2.11 bits per heavy atom. The van der Waals surface area contributed by atoms with E-state index in [0.717, 1.165) is 19.1 Å². The molecule has 1 aromatic rings. The number of rotatable bonds is 5. The zero-order chi connectivity index (χ0) is 13.3. The Kier molecular flexibility index (Phi) is 3.16. The van der Waals surface area contributed by atoms with Crippen molar-refractivity contribution in [2.45, 2.75) is 18.9 Å². The molecule has 0 unspecified atom stereocenters. The molecule has 0 spiro atoms. The van der Waals surface area contributed by atoms with E-state index in [-0.39, 0.29) is 17.4 Å². The second kappa shape index (κ2) is 4.49. The Morgan fingerprint density at radius 1 is 1.44 bits per heavy atom. The Hall–Kier alpha value is -1.76. The van der Waals surface area contributed by atoms with Crippen LogP contribution in [0.2, 0.25) is 0 Å². The van der Waals surface area contributed by atoms with E-state index >= 15 is 0 Å². The molecule has 1 aliphatic carbocycles. The van der Waals surface area contributed by atoms with E-state index in [0.29, 0.717) is 5.75 Å². The molecule has 0 bridgehead atoms. The third-order valence-electron chi connectivity index (χ3n) is 2.38. The summed E-state index contributed by atoms with van der Waals surface area (Å²) in [6, 6.07) is 4.43. The summed E-state index contributed by atoms with van der Waals surface area (Å²) in [6.07, 6.45) is 3.07. The summed E-state index contributed by atoms with van der Waals surface area (Å²) in [5, 5.41) is 0. The van der Waals surface area contributed by atoms with Gasteiger partial charge >= 0.3 is 0 Å². The van der Waals surface area contributed by atoms with Gasteiger partial charge in [0, 0.05) is 5.56 Å². The minimum atomic E-state index is -3.44. The van der Waals surface area contributed by atoms with Crippen molar-refractivity contribution in [1.29, 1.82) is 0 Å². The highest BCUT2D eigenvalue weighted by molar-refractivity contribution is 7.92. The lowest BCUT2D eigenvalue weighted by Crippen LogP contribution is -2.15. The molecule has 0 aromatic heterocycles. The lowest BCUT2D eigenvalue weighted by Gasteiger charge is -2.12. The van der Waals surface area contributed by atoms with Crippen molar-refractivity contribution in [3.8, 4) is 5.75 Å². The number of anilines is 1. The molecule has 1 aromatic carbocycles. The predicted octanol–water partition coefficient (Wildman–Crippen LogP) is 0.698. The van der Waals surface area contributed by atoms with Gasteiger partial charge in [-0.05, 0) is 31.0 Å². The van der Waals surface area contributed by atoms with E-state index in [1.165, 1.54) is 12.1 Å². The van der Waals surface area contributed by atoms with Gasteiger partial charge in [-0.25, -0.2) is 8.42 Å². The number of primary amides is 1. The molecule has 0 atom stereocenters. The molecule has 18 heavy (non-hydrogen) atoms. The lowest BCUT2D eigenvalue weighted by molar-refractivity contribution is 0.100. The third-order valence-corrected chi connectivity index (χ3v) is 2.97. The number of carbonyl (C=O) groups excluding carboxylic acids is 1. The first-order valence-corrected chi connectivity index (χ1v) is 7.32.